The summed E-state index contributed by atoms with van der Waals surface area (Å²) in [6.45, 7) is 1.63. The van der Waals surface area contributed by atoms with Crippen molar-refractivity contribution in [1.82, 2.24) is 5.32 Å². The van der Waals surface area contributed by atoms with Crippen molar-refractivity contribution in [1.29, 1.82) is 0 Å². The van der Waals surface area contributed by atoms with Crippen LogP contribution < -0.4 is 15.0 Å². The monoisotopic (exact) mass is 270 g/mol. The molecule has 0 unspecified atom stereocenters. The molecule has 1 aliphatic rings. The number of aliphatic hydroxyl groups is 1. The Morgan fingerprint density at radius 3 is 3.17 bits per heavy atom. The van der Waals surface area contributed by atoms with Crippen molar-refractivity contribution in [3.05, 3.63) is 23.2 Å². The molecular weight excluding hydrogens is 256 g/mol. The van der Waals surface area contributed by atoms with Crippen molar-refractivity contribution < 1.29 is 14.6 Å². The molecule has 0 aromatic heterocycles. The molecule has 18 heavy (non-hydrogen) atoms. The van der Waals surface area contributed by atoms with Gasteiger partial charge in [-0.2, -0.15) is 0 Å². The second-order valence-electron chi connectivity index (χ2n) is 3.96. The van der Waals surface area contributed by atoms with Crippen LogP contribution in [0.4, 0.5) is 5.69 Å². The van der Waals surface area contributed by atoms with E-state index in [0.29, 0.717) is 18.2 Å². The van der Waals surface area contributed by atoms with Crippen LogP contribution in [0.5, 0.6) is 5.75 Å². The minimum atomic E-state index is -0.128. The zero-order valence-electron chi connectivity index (χ0n) is 9.86. The van der Waals surface area contributed by atoms with Gasteiger partial charge >= 0.3 is 0 Å². The number of rotatable bonds is 4. The van der Waals surface area contributed by atoms with Crippen molar-refractivity contribution in [2.45, 2.75) is 0 Å². The fraction of sp³-hybridized carbons (Fsp3) is 0.417. The molecule has 1 amide bonds. The molecule has 0 fully saturated rings. The van der Waals surface area contributed by atoms with Gasteiger partial charge in [0.1, 0.15) is 12.4 Å². The van der Waals surface area contributed by atoms with E-state index in [9.17, 15) is 4.79 Å². The summed E-state index contributed by atoms with van der Waals surface area (Å²) < 4.78 is 5.50. The number of hydrogen-bond acceptors (Lipinski definition) is 4. The van der Waals surface area contributed by atoms with Crippen LogP contribution in [0, 0.1) is 0 Å². The van der Waals surface area contributed by atoms with Gasteiger partial charge in [0.05, 0.1) is 25.4 Å². The topological polar surface area (TPSA) is 61.8 Å². The molecule has 2 N–H and O–H groups in total. The highest BCUT2D eigenvalue weighted by Gasteiger charge is 2.20. The molecule has 0 saturated heterocycles. The third-order valence-corrected chi connectivity index (χ3v) is 2.88. The number of carbonyl (C=O) groups is 1. The van der Waals surface area contributed by atoms with Crippen molar-refractivity contribution >= 4 is 23.2 Å². The standard InChI is InChI=1S/C12H15ClN2O3/c13-9-1-2-11-10(7-9)15(4-6-18-11)8-12(17)14-3-5-16/h1-2,7,16H,3-6,8H2,(H,14,17). The minimum Gasteiger partial charge on any atom is -0.490 e. The van der Waals surface area contributed by atoms with E-state index in [0.717, 1.165) is 11.4 Å². The number of halogens is 1. The molecule has 0 atom stereocenters. The van der Waals surface area contributed by atoms with Gasteiger partial charge in [-0.3, -0.25) is 4.79 Å². The lowest BCUT2D eigenvalue weighted by Crippen LogP contribution is -2.41. The zero-order chi connectivity index (χ0) is 13.0. The van der Waals surface area contributed by atoms with Crippen LogP contribution in [0.3, 0.4) is 0 Å². The number of nitrogens with zero attached hydrogens (tertiary/aromatic N) is 1. The highest BCUT2D eigenvalue weighted by atomic mass is 35.5. The second kappa shape index (κ2) is 5.93. The number of fused-ring (bicyclic) bond motifs is 1. The maximum absolute atomic E-state index is 11.6. The van der Waals surface area contributed by atoms with Gasteiger partial charge in [-0.25, -0.2) is 0 Å². The smallest absolute Gasteiger partial charge is 0.239 e. The lowest BCUT2D eigenvalue weighted by molar-refractivity contribution is -0.119. The highest BCUT2D eigenvalue weighted by molar-refractivity contribution is 6.31. The predicted molar refractivity (Wildman–Crippen MR) is 69.3 cm³/mol. The van der Waals surface area contributed by atoms with Gasteiger partial charge in [-0.05, 0) is 18.2 Å². The van der Waals surface area contributed by atoms with E-state index in [-0.39, 0.29) is 25.6 Å². The molecule has 1 aromatic carbocycles. The van der Waals surface area contributed by atoms with E-state index in [2.05, 4.69) is 5.32 Å². The SMILES string of the molecule is O=C(CN1CCOc2ccc(Cl)cc21)NCCO. The summed E-state index contributed by atoms with van der Waals surface area (Å²) in [5, 5.41) is 11.9. The Morgan fingerprint density at radius 2 is 2.39 bits per heavy atom. The molecule has 98 valence electrons. The Hall–Kier alpha value is -1.46. The first-order valence-corrected chi connectivity index (χ1v) is 6.13. The van der Waals surface area contributed by atoms with Gasteiger partial charge in [0.25, 0.3) is 0 Å². The fourth-order valence-corrected chi connectivity index (χ4v) is 2.00. The van der Waals surface area contributed by atoms with E-state index >= 15 is 0 Å². The average molecular weight is 271 g/mol. The molecule has 0 saturated carbocycles. The second-order valence-corrected chi connectivity index (χ2v) is 4.39. The lowest BCUT2D eigenvalue weighted by Gasteiger charge is -2.30. The number of benzene rings is 1. The Kier molecular flexibility index (Phi) is 4.28. The number of nitrogens with one attached hydrogen (secondary N) is 1. The molecular formula is C12H15ClN2O3. The van der Waals surface area contributed by atoms with Gasteiger partial charge in [0.2, 0.25) is 5.91 Å². The van der Waals surface area contributed by atoms with Gasteiger partial charge in [0, 0.05) is 11.6 Å². The first kappa shape index (κ1) is 13.0. The van der Waals surface area contributed by atoms with E-state index in [1.165, 1.54) is 0 Å². The van der Waals surface area contributed by atoms with E-state index in [1.54, 1.807) is 18.2 Å². The van der Waals surface area contributed by atoms with Crippen LogP contribution >= 0.6 is 11.6 Å². The van der Waals surface area contributed by atoms with Crippen LogP contribution in [0.2, 0.25) is 5.02 Å². The van der Waals surface area contributed by atoms with Gasteiger partial charge < -0.3 is 20.1 Å². The quantitative estimate of drug-likeness (QED) is 0.843. The van der Waals surface area contributed by atoms with Crippen molar-refractivity contribution in [2.75, 3.05) is 37.7 Å². The van der Waals surface area contributed by atoms with Crippen molar-refractivity contribution in [2.24, 2.45) is 0 Å². The molecule has 2 rings (SSSR count). The van der Waals surface area contributed by atoms with Gasteiger partial charge in [-0.1, -0.05) is 11.6 Å². The van der Waals surface area contributed by atoms with E-state index in [1.807, 2.05) is 4.90 Å². The third-order valence-electron chi connectivity index (χ3n) is 2.65. The molecule has 0 bridgehead atoms. The number of hydrogen-bond donors (Lipinski definition) is 2. The van der Waals surface area contributed by atoms with Crippen LogP contribution in [0.1, 0.15) is 0 Å². The Balaban J connectivity index is 2.07. The molecule has 5 nitrogen and oxygen atoms in total. The molecule has 0 spiro atoms. The Morgan fingerprint density at radius 1 is 1.56 bits per heavy atom. The number of anilines is 1. The number of aliphatic hydroxyl groups excluding tert-OH is 1. The van der Waals surface area contributed by atoms with Crippen LogP contribution in [-0.4, -0.2) is 43.9 Å². The minimum absolute atomic E-state index is 0.0583. The number of amides is 1. The van der Waals surface area contributed by atoms with Crippen LogP contribution in [0.25, 0.3) is 0 Å². The van der Waals surface area contributed by atoms with Crippen LogP contribution in [0.15, 0.2) is 18.2 Å². The first-order valence-electron chi connectivity index (χ1n) is 5.75. The number of ether oxygens (including phenoxy) is 1. The zero-order valence-corrected chi connectivity index (χ0v) is 10.6. The maximum atomic E-state index is 11.6. The lowest BCUT2D eigenvalue weighted by atomic mass is 10.2. The van der Waals surface area contributed by atoms with E-state index < -0.39 is 0 Å². The van der Waals surface area contributed by atoms with Crippen molar-refractivity contribution in [3.63, 3.8) is 0 Å². The van der Waals surface area contributed by atoms with Crippen molar-refractivity contribution in [3.8, 4) is 5.75 Å². The highest BCUT2D eigenvalue weighted by Crippen LogP contribution is 2.33. The van der Waals surface area contributed by atoms with Crippen LogP contribution in [-0.2, 0) is 4.79 Å². The summed E-state index contributed by atoms with van der Waals surface area (Å²) >= 11 is 5.95. The Labute approximate surface area is 110 Å². The average Bonchev–Trinajstić information content (AvgIpc) is 2.37. The maximum Gasteiger partial charge on any atom is 0.239 e. The molecule has 1 aliphatic heterocycles. The molecule has 1 aromatic rings. The third kappa shape index (κ3) is 3.05. The summed E-state index contributed by atoms with van der Waals surface area (Å²) in [7, 11) is 0. The predicted octanol–water partition coefficient (Wildman–Crippen LogP) is 0.647. The molecule has 0 aliphatic carbocycles. The number of carbonyl (C=O) groups excluding carboxylic acids is 1. The molecule has 6 heteroatoms. The summed E-state index contributed by atoms with van der Waals surface area (Å²) in [6.07, 6.45) is 0. The normalized spacial score (nSPS) is 13.8. The molecule has 0 radical (unpaired) electrons. The van der Waals surface area contributed by atoms with Gasteiger partial charge in [-0.15, -0.1) is 0 Å². The Bertz CT molecular complexity index is 439. The summed E-state index contributed by atoms with van der Waals surface area (Å²) in [4.78, 5) is 13.5. The van der Waals surface area contributed by atoms with Gasteiger partial charge in [0.15, 0.2) is 0 Å². The summed E-state index contributed by atoms with van der Waals surface area (Å²) in [5.41, 5.74) is 0.827. The molecule has 1 heterocycles. The first-order chi connectivity index (χ1) is 8.70. The van der Waals surface area contributed by atoms with E-state index in [4.69, 9.17) is 21.4 Å². The fourth-order valence-electron chi connectivity index (χ4n) is 1.83. The summed E-state index contributed by atoms with van der Waals surface area (Å²) in [5.74, 6) is 0.609. The largest absolute Gasteiger partial charge is 0.490 e. The summed E-state index contributed by atoms with van der Waals surface area (Å²) in [6, 6.07) is 5.35.